The van der Waals surface area contributed by atoms with Gasteiger partial charge in [0.15, 0.2) is 6.54 Å². The van der Waals surface area contributed by atoms with Crippen molar-refractivity contribution >= 4 is 11.6 Å². The fourth-order valence-electron chi connectivity index (χ4n) is 2.85. The third-order valence-corrected chi connectivity index (χ3v) is 4.27. The van der Waals surface area contributed by atoms with Crippen LogP contribution in [0.15, 0.2) is 36.9 Å². The first kappa shape index (κ1) is 18.2. The molecule has 0 saturated carbocycles. The van der Waals surface area contributed by atoms with Crippen LogP contribution >= 0.6 is 0 Å². The summed E-state index contributed by atoms with van der Waals surface area (Å²) in [5.41, 5.74) is 3.37. The molecule has 0 bridgehead atoms. The first-order valence-electron chi connectivity index (χ1n) is 8.78. The summed E-state index contributed by atoms with van der Waals surface area (Å²) in [5.74, 6) is 0.749. The maximum Gasteiger partial charge on any atom is 0.266 e. The van der Waals surface area contributed by atoms with Gasteiger partial charge in [0, 0.05) is 5.69 Å². The normalized spacial score (nSPS) is 11.5. The van der Waals surface area contributed by atoms with Gasteiger partial charge in [-0.3, -0.25) is 4.79 Å². The van der Waals surface area contributed by atoms with Crippen LogP contribution in [0.1, 0.15) is 70.5 Å². The molecule has 0 saturated heterocycles. The first-order valence-corrected chi connectivity index (χ1v) is 8.78. The van der Waals surface area contributed by atoms with E-state index >= 15 is 0 Å². The number of amides is 1. The van der Waals surface area contributed by atoms with E-state index in [1.54, 1.807) is 0 Å². The van der Waals surface area contributed by atoms with Crippen molar-refractivity contribution in [1.29, 1.82) is 0 Å². The molecule has 0 unspecified atom stereocenters. The van der Waals surface area contributed by atoms with Crippen molar-refractivity contribution in [2.45, 2.75) is 66.0 Å². The fourth-order valence-corrected chi connectivity index (χ4v) is 2.85. The molecule has 130 valence electrons. The molecule has 4 heteroatoms. The highest BCUT2D eigenvalue weighted by Gasteiger charge is 2.17. The highest BCUT2D eigenvalue weighted by molar-refractivity contribution is 5.91. The third-order valence-electron chi connectivity index (χ3n) is 4.27. The number of nitrogens with zero attached hydrogens (tertiary/aromatic N) is 2. The second-order valence-corrected chi connectivity index (χ2v) is 7.30. The van der Waals surface area contributed by atoms with Crippen molar-refractivity contribution in [1.82, 2.24) is 4.57 Å². The Bertz CT molecular complexity index is 672. The van der Waals surface area contributed by atoms with Crippen LogP contribution in [0.25, 0.3) is 0 Å². The van der Waals surface area contributed by atoms with Crippen molar-refractivity contribution in [3.63, 3.8) is 0 Å². The van der Waals surface area contributed by atoms with Gasteiger partial charge in [-0.25, -0.2) is 9.13 Å². The minimum Gasteiger partial charge on any atom is -0.322 e. The van der Waals surface area contributed by atoms with Gasteiger partial charge in [-0.15, -0.1) is 0 Å². The van der Waals surface area contributed by atoms with Gasteiger partial charge in [0.25, 0.3) is 5.91 Å². The molecule has 0 fully saturated rings. The Kier molecular flexibility index (Phi) is 5.81. The van der Waals surface area contributed by atoms with Gasteiger partial charge in [-0.1, -0.05) is 45.9 Å². The van der Waals surface area contributed by atoms with E-state index in [-0.39, 0.29) is 5.91 Å². The molecule has 2 aromatic rings. The van der Waals surface area contributed by atoms with E-state index in [2.05, 4.69) is 69.6 Å². The zero-order valence-electron chi connectivity index (χ0n) is 15.7. The van der Waals surface area contributed by atoms with Crippen molar-refractivity contribution in [3.05, 3.63) is 48.0 Å². The Morgan fingerprint density at radius 3 is 2.12 bits per heavy atom. The zero-order chi connectivity index (χ0) is 17.9. The predicted octanol–water partition coefficient (Wildman–Crippen LogP) is 4.24. The Balaban J connectivity index is 2.21. The van der Waals surface area contributed by atoms with Crippen LogP contribution in [-0.2, 0) is 11.3 Å². The van der Waals surface area contributed by atoms with Crippen LogP contribution in [0.3, 0.4) is 0 Å². The van der Waals surface area contributed by atoms with Crippen molar-refractivity contribution in [2.75, 3.05) is 5.32 Å². The minimum atomic E-state index is 0.0107. The molecular formula is C20H30N3O+. The molecule has 0 aliphatic heterocycles. The van der Waals surface area contributed by atoms with E-state index < -0.39 is 0 Å². The van der Waals surface area contributed by atoms with Gasteiger partial charge in [-0.2, -0.15) is 0 Å². The van der Waals surface area contributed by atoms with Crippen LogP contribution in [0, 0.1) is 0 Å². The van der Waals surface area contributed by atoms with Gasteiger partial charge >= 0.3 is 0 Å². The van der Waals surface area contributed by atoms with E-state index in [4.69, 9.17) is 0 Å². The zero-order valence-corrected chi connectivity index (χ0v) is 15.7. The van der Waals surface area contributed by atoms with Gasteiger partial charge in [-0.05, 0) is 36.8 Å². The number of para-hydroxylation sites is 1. The molecule has 1 heterocycles. The number of anilines is 1. The van der Waals surface area contributed by atoms with Crippen LogP contribution < -0.4 is 9.88 Å². The van der Waals surface area contributed by atoms with E-state index in [1.165, 1.54) is 11.1 Å². The lowest BCUT2D eigenvalue weighted by molar-refractivity contribution is -0.683. The van der Waals surface area contributed by atoms with Crippen LogP contribution in [-0.4, -0.2) is 10.5 Å². The van der Waals surface area contributed by atoms with Gasteiger partial charge in [0.2, 0.25) is 6.33 Å². The molecule has 0 spiro atoms. The summed E-state index contributed by atoms with van der Waals surface area (Å²) in [6.45, 7) is 13.2. The molecule has 0 radical (unpaired) electrons. The summed E-state index contributed by atoms with van der Waals surface area (Å²) in [5, 5.41) is 3.16. The molecule has 1 amide bonds. The number of nitrogens with one attached hydrogen (secondary N) is 1. The Morgan fingerprint density at radius 2 is 1.67 bits per heavy atom. The second-order valence-electron chi connectivity index (χ2n) is 7.30. The summed E-state index contributed by atoms with van der Waals surface area (Å²) >= 11 is 0. The van der Waals surface area contributed by atoms with Crippen molar-refractivity contribution < 1.29 is 9.36 Å². The molecule has 1 N–H and O–H groups in total. The van der Waals surface area contributed by atoms with Crippen molar-refractivity contribution in [3.8, 4) is 0 Å². The van der Waals surface area contributed by atoms with Gasteiger partial charge in [0.1, 0.15) is 12.4 Å². The summed E-state index contributed by atoms with van der Waals surface area (Å²) in [6.07, 6.45) is 5.92. The van der Waals surface area contributed by atoms with Gasteiger partial charge < -0.3 is 5.32 Å². The number of hydrogen-bond acceptors (Lipinski definition) is 1. The average Bonchev–Trinajstić information content (AvgIpc) is 2.95. The van der Waals surface area contributed by atoms with E-state index in [9.17, 15) is 4.79 Å². The maximum atomic E-state index is 12.6. The van der Waals surface area contributed by atoms with Crippen LogP contribution in [0.2, 0.25) is 0 Å². The number of benzene rings is 1. The number of aromatic nitrogens is 2. The summed E-state index contributed by atoms with van der Waals surface area (Å²) in [7, 11) is 0. The molecule has 0 aliphatic rings. The predicted molar refractivity (Wildman–Crippen MR) is 98.3 cm³/mol. The lowest BCUT2D eigenvalue weighted by Gasteiger charge is -2.19. The lowest BCUT2D eigenvalue weighted by Crippen LogP contribution is -2.38. The minimum absolute atomic E-state index is 0.0107. The highest BCUT2D eigenvalue weighted by atomic mass is 16.1. The van der Waals surface area contributed by atoms with Crippen LogP contribution in [0.5, 0.6) is 0 Å². The molecule has 0 atom stereocenters. The third kappa shape index (κ3) is 4.25. The summed E-state index contributed by atoms with van der Waals surface area (Å²) in [6, 6.07) is 6.68. The summed E-state index contributed by atoms with van der Waals surface area (Å²) < 4.78 is 4.01. The molecule has 1 aromatic heterocycles. The molecular weight excluding hydrogens is 298 g/mol. The Labute approximate surface area is 145 Å². The number of imidazole rings is 1. The highest BCUT2D eigenvalue weighted by Crippen LogP contribution is 2.32. The van der Waals surface area contributed by atoms with Crippen molar-refractivity contribution in [2.24, 2.45) is 0 Å². The standard InChI is InChI=1S/C20H29N3O/c1-14(2)17-8-7-9-18(15(3)4)20(17)21-19(24)12-22-10-11-23(13-22)16(5)6/h7-11,13-16H,12H2,1-6H3/p+1. The first-order chi connectivity index (χ1) is 11.3. The van der Waals surface area contributed by atoms with E-state index in [0.717, 1.165) is 5.69 Å². The quantitative estimate of drug-likeness (QED) is 0.791. The topological polar surface area (TPSA) is 37.9 Å². The van der Waals surface area contributed by atoms with E-state index in [0.29, 0.717) is 24.4 Å². The number of carbonyl (C=O) groups is 1. The average molecular weight is 328 g/mol. The number of hydrogen-bond donors (Lipinski definition) is 1. The SMILES string of the molecule is CC(C)c1cccc(C(C)C)c1NC(=O)C[n+]1ccn(C(C)C)c1. The van der Waals surface area contributed by atoms with E-state index in [1.807, 2.05) is 23.3 Å². The smallest absolute Gasteiger partial charge is 0.266 e. The molecule has 4 nitrogen and oxygen atoms in total. The monoisotopic (exact) mass is 328 g/mol. The fraction of sp³-hybridized carbons (Fsp3) is 0.500. The molecule has 24 heavy (non-hydrogen) atoms. The lowest BCUT2D eigenvalue weighted by atomic mass is 9.92. The molecule has 1 aromatic carbocycles. The second kappa shape index (κ2) is 7.65. The summed E-state index contributed by atoms with van der Waals surface area (Å²) in [4.78, 5) is 12.6. The Morgan fingerprint density at radius 1 is 1.08 bits per heavy atom. The number of rotatable bonds is 6. The van der Waals surface area contributed by atoms with Crippen LogP contribution in [0.4, 0.5) is 5.69 Å². The number of carbonyl (C=O) groups excluding carboxylic acids is 1. The molecule has 2 rings (SSSR count). The molecule has 0 aliphatic carbocycles. The largest absolute Gasteiger partial charge is 0.322 e. The Hall–Kier alpha value is -2.10. The van der Waals surface area contributed by atoms with Gasteiger partial charge in [0.05, 0.1) is 6.04 Å². The maximum absolute atomic E-state index is 12.6.